The SMILES string of the molecule is NC(=S)c1cccc(CS(=O)(=O)NCC2CCCC2)c1. The second kappa shape index (κ2) is 6.65. The van der Waals surface area contributed by atoms with Crippen LogP contribution in [0.4, 0.5) is 0 Å². The Morgan fingerprint density at radius 1 is 1.35 bits per heavy atom. The van der Waals surface area contributed by atoms with Gasteiger partial charge in [-0.2, -0.15) is 0 Å². The van der Waals surface area contributed by atoms with Gasteiger partial charge in [-0.05, 0) is 30.4 Å². The van der Waals surface area contributed by atoms with E-state index in [1.54, 1.807) is 24.3 Å². The van der Waals surface area contributed by atoms with E-state index in [1.165, 1.54) is 12.8 Å². The van der Waals surface area contributed by atoms with Gasteiger partial charge < -0.3 is 5.73 Å². The fourth-order valence-corrected chi connectivity index (χ4v) is 3.88. The second-order valence-electron chi connectivity index (χ2n) is 5.32. The molecule has 0 aliphatic heterocycles. The van der Waals surface area contributed by atoms with Crippen molar-refractivity contribution in [3.63, 3.8) is 0 Å². The van der Waals surface area contributed by atoms with Crippen LogP contribution in [-0.2, 0) is 15.8 Å². The molecular weight excluding hydrogens is 292 g/mol. The molecule has 1 aliphatic rings. The summed E-state index contributed by atoms with van der Waals surface area (Å²) in [4.78, 5) is 0.281. The summed E-state index contributed by atoms with van der Waals surface area (Å²) in [5.41, 5.74) is 6.95. The lowest BCUT2D eigenvalue weighted by Crippen LogP contribution is -2.29. The van der Waals surface area contributed by atoms with Gasteiger partial charge in [0.1, 0.15) is 4.99 Å². The first-order chi connectivity index (χ1) is 9.46. The Morgan fingerprint density at radius 2 is 2.05 bits per heavy atom. The molecule has 1 aromatic carbocycles. The van der Waals surface area contributed by atoms with E-state index in [2.05, 4.69) is 4.72 Å². The molecule has 1 aliphatic carbocycles. The minimum atomic E-state index is -3.30. The molecule has 0 radical (unpaired) electrons. The summed E-state index contributed by atoms with van der Waals surface area (Å²) in [7, 11) is -3.30. The number of nitrogens with one attached hydrogen (secondary N) is 1. The Morgan fingerprint density at radius 3 is 2.70 bits per heavy atom. The van der Waals surface area contributed by atoms with E-state index in [1.807, 2.05) is 0 Å². The molecular formula is C14H20N2O2S2. The Kier molecular flexibility index (Phi) is 5.12. The maximum absolute atomic E-state index is 12.1. The van der Waals surface area contributed by atoms with Crippen molar-refractivity contribution in [2.75, 3.05) is 6.54 Å². The lowest BCUT2D eigenvalue weighted by molar-refractivity contribution is 0.519. The van der Waals surface area contributed by atoms with Crippen molar-refractivity contribution in [3.8, 4) is 0 Å². The summed E-state index contributed by atoms with van der Waals surface area (Å²) in [6.45, 7) is 0.553. The number of nitrogens with two attached hydrogens (primary N) is 1. The van der Waals surface area contributed by atoms with E-state index in [4.69, 9.17) is 18.0 Å². The van der Waals surface area contributed by atoms with Crippen LogP contribution in [0.25, 0.3) is 0 Å². The third-order valence-electron chi connectivity index (χ3n) is 3.63. The van der Waals surface area contributed by atoms with E-state index in [-0.39, 0.29) is 10.7 Å². The quantitative estimate of drug-likeness (QED) is 0.787. The van der Waals surface area contributed by atoms with Gasteiger partial charge in [-0.15, -0.1) is 0 Å². The molecule has 2 rings (SSSR count). The van der Waals surface area contributed by atoms with Crippen molar-refractivity contribution < 1.29 is 8.42 Å². The van der Waals surface area contributed by atoms with Gasteiger partial charge in [-0.25, -0.2) is 13.1 Å². The third-order valence-corrected chi connectivity index (χ3v) is 5.19. The maximum atomic E-state index is 12.1. The predicted octanol–water partition coefficient (Wildman–Crippen LogP) is 1.93. The first-order valence-corrected chi connectivity index (χ1v) is 8.88. The first-order valence-electron chi connectivity index (χ1n) is 6.82. The van der Waals surface area contributed by atoms with Gasteiger partial charge in [0.2, 0.25) is 10.0 Å². The average molecular weight is 312 g/mol. The highest BCUT2D eigenvalue weighted by atomic mass is 32.2. The molecule has 0 heterocycles. The van der Waals surface area contributed by atoms with Gasteiger partial charge in [0.15, 0.2) is 0 Å². The number of rotatable bonds is 6. The molecule has 1 fully saturated rings. The predicted molar refractivity (Wildman–Crippen MR) is 84.9 cm³/mol. The van der Waals surface area contributed by atoms with Gasteiger partial charge >= 0.3 is 0 Å². The van der Waals surface area contributed by atoms with Gasteiger partial charge in [0, 0.05) is 12.1 Å². The molecule has 0 unspecified atom stereocenters. The second-order valence-corrected chi connectivity index (χ2v) is 7.57. The standard InChI is InChI=1S/C14H20N2O2S2/c15-14(19)13-7-3-6-12(8-13)10-20(17,18)16-9-11-4-1-2-5-11/h3,6-8,11,16H,1-2,4-5,9-10H2,(H2,15,19). The number of hydrogen-bond donors (Lipinski definition) is 2. The summed E-state index contributed by atoms with van der Waals surface area (Å²) >= 11 is 4.90. The molecule has 0 amide bonds. The maximum Gasteiger partial charge on any atom is 0.215 e. The smallest absolute Gasteiger partial charge is 0.215 e. The van der Waals surface area contributed by atoms with Gasteiger partial charge in [-0.3, -0.25) is 0 Å². The Hall–Kier alpha value is -0.980. The van der Waals surface area contributed by atoms with E-state index in [0.29, 0.717) is 23.6 Å². The Bertz CT molecular complexity index is 579. The van der Waals surface area contributed by atoms with Crippen LogP contribution in [0.2, 0.25) is 0 Å². The summed E-state index contributed by atoms with van der Waals surface area (Å²) in [6, 6.07) is 7.06. The van der Waals surface area contributed by atoms with Crippen molar-refractivity contribution in [1.29, 1.82) is 0 Å². The topological polar surface area (TPSA) is 72.2 Å². The van der Waals surface area contributed by atoms with Crippen LogP contribution in [0, 0.1) is 5.92 Å². The zero-order valence-corrected chi connectivity index (χ0v) is 13.0. The van der Waals surface area contributed by atoms with Crippen molar-refractivity contribution in [2.24, 2.45) is 11.7 Å². The fraction of sp³-hybridized carbons (Fsp3) is 0.500. The Labute approximate surface area is 125 Å². The van der Waals surface area contributed by atoms with E-state index in [0.717, 1.165) is 12.8 Å². The summed E-state index contributed by atoms with van der Waals surface area (Å²) in [5, 5.41) is 0. The molecule has 0 saturated heterocycles. The Balaban J connectivity index is 1.96. The van der Waals surface area contributed by atoms with Crippen LogP contribution >= 0.6 is 12.2 Å². The largest absolute Gasteiger partial charge is 0.389 e. The average Bonchev–Trinajstić information content (AvgIpc) is 2.89. The van der Waals surface area contributed by atoms with Crippen molar-refractivity contribution >= 4 is 27.2 Å². The van der Waals surface area contributed by atoms with Crippen LogP contribution in [-0.4, -0.2) is 20.0 Å². The molecule has 3 N–H and O–H groups in total. The number of benzene rings is 1. The zero-order chi connectivity index (χ0) is 14.6. The molecule has 6 heteroatoms. The molecule has 0 atom stereocenters. The first kappa shape index (κ1) is 15.4. The van der Waals surface area contributed by atoms with E-state index in [9.17, 15) is 8.42 Å². The molecule has 1 aromatic rings. The van der Waals surface area contributed by atoms with E-state index >= 15 is 0 Å². The molecule has 20 heavy (non-hydrogen) atoms. The summed E-state index contributed by atoms with van der Waals surface area (Å²) < 4.78 is 26.8. The van der Waals surface area contributed by atoms with Gasteiger partial charge in [0.05, 0.1) is 5.75 Å². The lowest BCUT2D eigenvalue weighted by atomic mass is 10.1. The normalized spacial score (nSPS) is 16.4. The molecule has 4 nitrogen and oxygen atoms in total. The fourth-order valence-electron chi connectivity index (χ4n) is 2.54. The van der Waals surface area contributed by atoms with Gasteiger partial charge in [0.25, 0.3) is 0 Å². The number of sulfonamides is 1. The van der Waals surface area contributed by atoms with Crippen LogP contribution < -0.4 is 10.5 Å². The highest BCUT2D eigenvalue weighted by Crippen LogP contribution is 2.24. The highest BCUT2D eigenvalue weighted by molar-refractivity contribution is 7.88. The molecule has 0 aromatic heterocycles. The minimum Gasteiger partial charge on any atom is -0.389 e. The molecule has 0 spiro atoms. The summed E-state index contributed by atoms with van der Waals surface area (Å²) in [5.74, 6) is 0.462. The highest BCUT2D eigenvalue weighted by Gasteiger charge is 2.18. The van der Waals surface area contributed by atoms with Crippen molar-refractivity contribution in [1.82, 2.24) is 4.72 Å². The van der Waals surface area contributed by atoms with Crippen LogP contribution in [0.5, 0.6) is 0 Å². The van der Waals surface area contributed by atoms with Crippen LogP contribution in [0.15, 0.2) is 24.3 Å². The van der Waals surface area contributed by atoms with Crippen LogP contribution in [0.1, 0.15) is 36.8 Å². The third kappa shape index (κ3) is 4.54. The minimum absolute atomic E-state index is 0.0316. The monoisotopic (exact) mass is 312 g/mol. The van der Waals surface area contributed by atoms with Gasteiger partial charge in [-0.1, -0.05) is 43.3 Å². The van der Waals surface area contributed by atoms with Crippen molar-refractivity contribution in [2.45, 2.75) is 31.4 Å². The molecule has 0 bridgehead atoms. The van der Waals surface area contributed by atoms with Crippen LogP contribution in [0.3, 0.4) is 0 Å². The number of thiocarbonyl (C=S) groups is 1. The molecule has 110 valence electrons. The lowest BCUT2D eigenvalue weighted by Gasteiger charge is -2.11. The van der Waals surface area contributed by atoms with Crippen molar-refractivity contribution in [3.05, 3.63) is 35.4 Å². The summed E-state index contributed by atoms with van der Waals surface area (Å²) in [6.07, 6.45) is 4.67. The van der Waals surface area contributed by atoms with E-state index < -0.39 is 10.0 Å². The molecule has 1 saturated carbocycles. The number of hydrogen-bond acceptors (Lipinski definition) is 3. The zero-order valence-electron chi connectivity index (χ0n) is 11.3.